The number of hydrogen-bond acceptors (Lipinski definition) is 3. The maximum absolute atomic E-state index is 12.3. The molecule has 0 radical (unpaired) electrons. The normalized spacial score (nSPS) is 25.2. The lowest BCUT2D eigenvalue weighted by Gasteiger charge is -2.31. The highest BCUT2D eigenvalue weighted by molar-refractivity contribution is 5.86. The minimum Gasteiger partial charge on any atom is -0.358 e. The average Bonchev–Trinajstić information content (AvgIpc) is 2.48. The van der Waals surface area contributed by atoms with Crippen molar-refractivity contribution in [3.63, 3.8) is 0 Å². The van der Waals surface area contributed by atoms with Crippen LogP contribution in [0, 0.1) is 5.92 Å². The van der Waals surface area contributed by atoms with Crippen LogP contribution in [-0.4, -0.2) is 43.5 Å². The Balaban J connectivity index is 2.33. The highest BCUT2D eigenvalue weighted by Gasteiger charge is 2.32. The van der Waals surface area contributed by atoms with Crippen molar-refractivity contribution in [2.24, 2.45) is 11.7 Å². The zero-order valence-corrected chi connectivity index (χ0v) is 11.0. The summed E-state index contributed by atoms with van der Waals surface area (Å²) in [6.45, 7) is 4.17. The first-order chi connectivity index (χ1) is 8.63. The summed E-state index contributed by atoms with van der Waals surface area (Å²) < 4.78 is 0. The minimum absolute atomic E-state index is 0.116. The van der Waals surface area contributed by atoms with Gasteiger partial charge in [0, 0.05) is 32.4 Å². The molecule has 0 aliphatic carbocycles. The van der Waals surface area contributed by atoms with Gasteiger partial charge in [0.05, 0.1) is 0 Å². The first-order valence-corrected chi connectivity index (χ1v) is 6.40. The third kappa shape index (κ3) is 2.48. The van der Waals surface area contributed by atoms with Crippen LogP contribution in [0.25, 0.3) is 0 Å². The first kappa shape index (κ1) is 12.9. The predicted molar refractivity (Wildman–Crippen MR) is 73.4 cm³/mol. The summed E-state index contributed by atoms with van der Waals surface area (Å²) in [4.78, 5) is 16.2. The predicted octanol–water partition coefficient (Wildman–Crippen LogP) is 0.928. The summed E-state index contributed by atoms with van der Waals surface area (Å²) in [7, 11) is 1.86. The molecule has 0 bridgehead atoms. The van der Waals surface area contributed by atoms with Gasteiger partial charge >= 0.3 is 0 Å². The molecule has 0 spiro atoms. The van der Waals surface area contributed by atoms with Crippen molar-refractivity contribution in [2.45, 2.75) is 13.0 Å². The molecule has 0 saturated carbocycles. The molecule has 2 atom stereocenters. The van der Waals surface area contributed by atoms with Crippen molar-refractivity contribution in [1.29, 1.82) is 0 Å². The van der Waals surface area contributed by atoms with Crippen LogP contribution >= 0.6 is 0 Å². The highest BCUT2D eigenvalue weighted by Crippen LogP contribution is 2.22. The Morgan fingerprint density at radius 3 is 2.56 bits per heavy atom. The molecule has 98 valence electrons. The lowest BCUT2D eigenvalue weighted by Crippen LogP contribution is -2.49. The second-order valence-electron chi connectivity index (χ2n) is 5.06. The van der Waals surface area contributed by atoms with E-state index < -0.39 is 0 Å². The number of rotatable bonds is 2. The van der Waals surface area contributed by atoms with Gasteiger partial charge in [0.15, 0.2) is 0 Å². The summed E-state index contributed by atoms with van der Waals surface area (Å²) in [6, 6.07) is 9.79. The van der Waals surface area contributed by atoms with E-state index in [-0.39, 0.29) is 11.9 Å². The fraction of sp³-hybridized carbons (Fsp3) is 0.500. The summed E-state index contributed by atoms with van der Waals surface area (Å²) in [6.07, 6.45) is 0. The van der Waals surface area contributed by atoms with E-state index in [1.807, 2.05) is 37.4 Å². The summed E-state index contributed by atoms with van der Waals surface area (Å²) in [5, 5.41) is 0. The first-order valence-electron chi connectivity index (χ1n) is 6.40. The number of carbonyl (C=O) groups excluding carboxylic acids is 1. The summed E-state index contributed by atoms with van der Waals surface area (Å²) in [5.74, 6) is 0.557. The molecular formula is C14H21N3O. The van der Waals surface area contributed by atoms with Crippen LogP contribution in [0.3, 0.4) is 0 Å². The van der Waals surface area contributed by atoms with Gasteiger partial charge in [0.2, 0.25) is 5.91 Å². The molecule has 0 aromatic heterocycles. The van der Waals surface area contributed by atoms with Crippen molar-refractivity contribution in [3.05, 3.63) is 30.3 Å². The van der Waals surface area contributed by atoms with Gasteiger partial charge in [-0.25, -0.2) is 0 Å². The molecule has 1 aliphatic heterocycles. The Bertz CT molecular complexity index is 407. The minimum atomic E-state index is -0.248. The zero-order valence-electron chi connectivity index (χ0n) is 11.0. The third-order valence-corrected chi connectivity index (χ3v) is 3.44. The van der Waals surface area contributed by atoms with Crippen LogP contribution in [-0.2, 0) is 4.79 Å². The molecule has 1 aliphatic rings. The smallest absolute Gasteiger partial charge is 0.246 e. The summed E-state index contributed by atoms with van der Waals surface area (Å²) >= 11 is 0. The number of nitrogens with two attached hydrogens (primary N) is 1. The Morgan fingerprint density at radius 2 is 1.94 bits per heavy atom. The van der Waals surface area contributed by atoms with Crippen molar-refractivity contribution in [2.75, 3.05) is 31.6 Å². The average molecular weight is 247 g/mol. The molecule has 1 saturated heterocycles. The molecule has 18 heavy (non-hydrogen) atoms. The van der Waals surface area contributed by atoms with Crippen LogP contribution in [0.4, 0.5) is 5.69 Å². The molecule has 2 unspecified atom stereocenters. The number of hydrogen-bond donors (Lipinski definition) is 1. The monoisotopic (exact) mass is 247 g/mol. The van der Waals surface area contributed by atoms with Gasteiger partial charge < -0.3 is 15.5 Å². The van der Waals surface area contributed by atoms with Crippen LogP contribution in [0.1, 0.15) is 6.92 Å². The van der Waals surface area contributed by atoms with Crippen LogP contribution in [0.15, 0.2) is 30.3 Å². The number of benzene rings is 1. The van der Waals surface area contributed by atoms with Gasteiger partial charge in [-0.3, -0.25) is 4.79 Å². The number of carbonyl (C=O) groups is 1. The molecule has 2 rings (SSSR count). The number of likely N-dealkylation sites (N-methyl/N-ethyl adjacent to an activating group) is 1. The van der Waals surface area contributed by atoms with E-state index in [1.54, 1.807) is 4.90 Å². The van der Waals surface area contributed by atoms with Gasteiger partial charge in [-0.15, -0.1) is 0 Å². The van der Waals surface area contributed by atoms with E-state index in [9.17, 15) is 4.79 Å². The van der Waals surface area contributed by atoms with E-state index in [0.29, 0.717) is 12.5 Å². The topological polar surface area (TPSA) is 49.6 Å². The molecule has 4 nitrogen and oxygen atoms in total. The van der Waals surface area contributed by atoms with Crippen molar-refractivity contribution >= 4 is 11.6 Å². The third-order valence-electron chi connectivity index (χ3n) is 3.44. The molecule has 1 amide bonds. The second kappa shape index (κ2) is 5.40. The number of amides is 1. The van der Waals surface area contributed by atoms with Gasteiger partial charge in [0.25, 0.3) is 0 Å². The lowest BCUT2D eigenvalue weighted by molar-refractivity contribution is -0.130. The Hall–Kier alpha value is -1.55. The fourth-order valence-corrected chi connectivity index (χ4v) is 2.60. The van der Waals surface area contributed by atoms with Crippen molar-refractivity contribution in [3.8, 4) is 0 Å². The van der Waals surface area contributed by atoms with E-state index >= 15 is 0 Å². The van der Waals surface area contributed by atoms with Crippen LogP contribution in [0.2, 0.25) is 0 Å². The highest BCUT2D eigenvalue weighted by atomic mass is 16.2. The quantitative estimate of drug-likeness (QED) is 0.846. The standard InChI is InChI=1S/C14H21N3O/c1-11-9-16(2)14(18)13(8-15)17(10-11)12-6-4-3-5-7-12/h3-7,11,13H,8-10,15H2,1-2H3. The molecule has 1 heterocycles. The Morgan fingerprint density at radius 1 is 1.28 bits per heavy atom. The Labute approximate surface area is 108 Å². The zero-order chi connectivity index (χ0) is 13.1. The lowest BCUT2D eigenvalue weighted by atomic mass is 10.1. The van der Waals surface area contributed by atoms with E-state index in [0.717, 1.165) is 18.8 Å². The van der Waals surface area contributed by atoms with Gasteiger partial charge in [0.1, 0.15) is 6.04 Å². The maximum Gasteiger partial charge on any atom is 0.246 e. The summed E-state index contributed by atoms with van der Waals surface area (Å²) in [5.41, 5.74) is 6.88. The van der Waals surface area contributed by atoms with E-state index in [4.69, 9.17) is 5.73 Å². The molecule has 2 N–H and O–H groups in total. The van der Waals surface area contributed by atoms with Gasteiger partial charge in [-0.2, -0.15) is 0 Å². The van der Waals surface area contributed by atoms with E-state index in [1.165, 1.54) is 0 Å². The molecule has 1 aromatic rings. The molecule has 1 aromatic carbocycles. The molecule has 4 heteroatoms. The number of anilines is 1. The molecule has 1 fully saturated rings. The van der Waals surface area contributed by atoms with Gasteiger partial charge in [-0.05, 0) is 18.1 Å². The maximum atomic E-state index is 12.3. The largest absolute Gasteiger partial charge is 0.358 e. The molecular weight excluding hydrogens is 226 g/mol. The number of nitrogens with zero attached hydrogens (tertiary/aromatic N) is 2. The van der Waals surface area contributed by atoms with Crippen molar-refractivity contribution in [1.82, 2.24) is 4.90 Å². The van der Waals surface area contributed by atoms with Crippen LogP contribution in [0.5, 0.6) is 0 Å². The second-order valence-corrected chi connectivity index (χ2v) is 5.06. The van der Waals surface area contributed by atoms with Crippen molar-refractivity contribution < 1.29 is 4.79 Å². The van der Waals surface area contributed by atoms with Gasteiger partial charge in [-0.1, -0.05) is 25.1 Å². The Kier molecular flexibility index (Phi) is 3.87. The van der Waals surface area contributed by atoms with E-state index in [2.05, 4.69) is 11.8 Å². The van der Waals surface area contributed by atoms with Crippen LogP contribution < -0.4 is 10.6 Å². The number of para-hydroxylation sites is 1. The fourth-order valence-electron chi connectivity index (χ4n) is 2.60. The SMILES string of the molecule is CC1CN(C)C(=O)C(CN)N(c2ccccc2)C1.